The van der Waals surface area contributed by atoms with E-state index in [1.54, 1.807) is 0 Å². The van der Waals surface area contributed by atoms with Crippen LogP contribution in [-0.4, -0.2) is 5.54 Å². The van der Waals surface area contributed by atoms with Crippen LogP contribution in [0.4, 0.5) is 0 Å². The molecule has 0 aliphatic rings. The van der Waals surface area contributed by atoms with Gasteiger partial charge in [0.2, 0.25) is 0 Å². The maximum atomic E-state index is 5.75. The van der Waals surface area contributed by atoms with Crippen molar-refractivity contribution in [3.63, 3.8) is 0 Å². The van der Waals surface area contributed by atoms with Gasteiger partial charge in [0.1, 0.15) is 0 Å². The summed E-state index contributed by atoms with van der Waals surface area (Å²) in [5.41, 5.74) is 13.1. The Kier molecular flexibility index (Phi) is 4.49. The molecule has 4 N–H and O–H groups in total. The highest BCUT2D eigenvalue weighted by Crippen LogP contribution is 2.01. The molecule has 0 aromatic carbocycles. The van der Waals surface area contributed by atoms with Crippen molar-refractivity contribution in [1.29, 1.82) is 0 Å². The summed E-state index contributed by atoms with van der Waals surface area (Å²) in [6.07, 6.45) is 7.57. The first-order valence-electron chi connectivity index (χ1n) is 4.40. The van der Waals surface area contributed by atoms with Crippen LogP contribution >= 0.6 is 0 Å². The summed E-state index contributed by atoms with van der Waals surface area (Å²) in [5.74, 6) is 0. The minimum atomic E-state index is -0.302. The van der Waals surface area contributed by atoms with Crippen LogP contribution in [0.25, 0.3) is 0 Å². The monoisotopic (exact) mass is 180 g/mol. The molecule has 0 aliphatic heterocycles. The fourth-order valence-corrected chi connectivity index (χ4v) is 0.629. The van der Waals surface area contributed by atoms with Crippen molar-refractivity contribution in [2.24, 2.45) is 11.5 Å². The first-order chi connectivity index (χ1) is 5.81. The van der Waals surface area contributed by atoms with Crippen LogP contribution in [0.5, 0.6) is 0 Å². The Balaban J connectivity index is 4.31. The molecular formula is C11H20N2. The molecule has 0 bridgehead atoms. The van der Waals surface area contributed by atoms with Gasteiger partial charge in [-0.15, -0.1) is 0 Å². The molecule has 0 saturated heterocycles. The molecule has 13 heavy (non-hydrogen) atoms. The van der Waals surface area contributed by atoms with Gasteiger partial charge in [-0.3, -0.25) is 0 Å². The van der Waals surface area contributed by atoms with Gasteiger partial charge >= 0.3 is 0 Å². The van der Waals surface area contributed by atoms with Gasteiger partial charge in [0, 0.05) is 11.2 Å². The molecule has 0 aromatic heterocycles. The molecule has 0 aromatic rings. The first-order valence-corrected chi connectivity index (χ1v) is 4.40. The van der Waals surface area contributed by atoms with Crippen LogP contribution in [0.1, 0.15) is 27.7 Å². The Hall–Kier alpha value is -1.02. The zero-order chi connectivity index (χ0) is 10.5. The standard InChI is InChI=1S/C11H20N2/c1-9(2)5-6-10(12)7-8-11(3,4)13/h5-8H,12-13H2,1-4H3/b8-7-,10-6+. The summed E-state index contributed by atoms with van der Waals surface area (Å²) in [4.78, 5) is 0. The Morgan fingerprint density at radius 1 is 1.15 bits per heavy atom. The van der Waals surface area contributed by atoms with Crippen molar-refractivity contribution in [2.45, 2.75) is 33.2 Å². The largest absolute Gasteiger partial charge is 0.399 e. The van der Waals surface area contributed by atoms with Crippen LogP contribution in [0.15, 0.2) is 35.6 Å². The number of allylic oxidation sites excluding steroid dienone is 4. The highest BCUT2D eigenvalue weighted by atomic mass is 14.7. The predicted octanol–water partition coefficient (Wildman–Crippen LogP) is 2.09. The number of hydrogen-bond acceptors (Lipinski definition) is 2. The van der Waals surface area contributed by atoms with Crippen molar-refractivity contribution >= 4 is 0 Å². The van der Waals surface area contributed by atoms with Gasteiger partial charge in [0.15, 0.2) is 0 Å². The molecule has 0 radical (unpaired) electrons. The lowest BCUT2D eigenvalue weighted by Crippen LogP contribution is -2.28. The molecule has 0 unspecified atom stereocenters. The summed E-state index contributed by atoms with van der Waals surface area (Å²) in [6, 6.07) is 0. The molecule has 0 aliphatic carbocycles. The van der Waals surface area contributed by atoms with Crippen molar-refractivity contribution in [3.8, 4) is 0 Å². The molecule has 2 nitrogen and oxygen atoms in total. The SMILES string of the molecule is CC(C)=C/C=C(N)\C=C/C(C)(C)N. The molecule has 0 saturated carbocycles. The smallest absolute Gasteiger partial charge is 0.0311 e. The lowest BCUT2D eigenvalue weighted by Gasteiger charge is -2.11. The topological polar surface area (TPSA) is 52.0 Å². The third-order valence-corrected chi connectivity index (χ3v) is 1.31. The fourth-order valence-electron chi connectivity index (χ4n) is 0.629. The average molecular weight is 180 g/mol. The summed E-state index contributed by atoms with van der Waals surface area (Å²) in [5, 5.41) is 0. The summed E-state index contributed by atoms with van der Waals surface area (Å²) in [6.45, 7) is 7.91. The summed E-state index contributed by atoms with van der Waals surface area (Å²) < 4.78 is 0. The third-order valence-electron chi connectivity index (χ3n) is 1.31. The second-order valence-corrected chi connectivity index (χ2v) is 4.07. The van der Waals surface area contributed by atoms with Gasteiger partial charge in [-0.05, 0) is 39.8 Å². The van der Waals surface area contributed by atoms with Crippen LogP contribution in [0, 0.1) is 0 Å². The molecule has 2 heteroatoms. The zero-order valence-electron chi connectivity index (χ0n) is 8.96. The van der Waals surface area contributed by atoms with E-state index in [0.717, 1.165) is 5.70 Å². The Morgan fingerprint density at radius 2 is 1.69 bits per heavy atom. The maximum Gasteiger partial charge on any atom is 0.0311 e. The molecule has 0 fully saturated rings. The van der Waals surface area contributed by atoms with Gasteiger partial charge in [-0.25, -0.2) is 0 Å². The van der Waals surface area contributed by atoms with Gasteiger partial charge in [0.25, 0.3) is 0 Å². The van der Waals surface area contributed by atoms with E-state index < -0.39 is 0 Å². The fraction of sp³-hybridized carbons (Fsp3) is 0.455. The highest BCUT2D eigenvalue weighted by molar-refractivity contribution is 5.24. The summed E-state index contributed by atoms with van der Waals surface area (Å²) >= 11 is 0. The van der Waals surface area contributed by atoms with Crippen LogP contribution in [0.3, 0.4) is 0 Å². The van der Waals surface area contributed by atoms with E-state index in [-0.39, 0.29) is 5.54 Å². The Labute approximate surface area is 81.0 Å². The van der Waals surface area contributed by atoms with E-state index in [0.29, 0.717) is 0 Å². The maximum absolute atomic E-state index is 5.75. The second kappa shape index (κ2) is 4.87. The molecule has 0 atom stereocenters. The molecular weight excluding hydrogens is 160 g/mol. The van der Waals surface area contributed by atoms with Crippen LogP contribution in [-0.2, 0) is 0 Å². The normalized spacial score (nSPS) is 13.5. The first kappa shape index (κ1) is 12.0. The predicted molar refractivity (Wildman–Crippen MR) is 59.1 cm³/mol. The van der Waals surface area contributed by atoms with Crippen molar-refractivity contribution < 1.29 is 0 Å². The van der Waals surface area contributed by atoms with E-state index >= 15 is 0 Å². The molecule has 0 amide bonds. The number of hydrogen-bond donors (Lipinski definition) is 2. The highest BCUT2D eigenvalue weighted by Gasteiger charge is 2.02. The second-order valence-electron chi connectivity index (χ2n) is 4.07. The molecule has 0 rings (SSSR count). The molecule has 0 heterocycles. The van der Waals surface area contributed by atoms with Crippen molar-refractivity contribution in [3.05, 3.63) is 35.6 Å². The average Bonchev–Trinajstić information content (AvgIpc) is 1.95. The van der Waals surface area contributed by atoms with E-state index in [1.807, 2.05) is 52.0 Å². The van der Waals surface area contributed by atoms with E-state index in [9.17, 15) is 0 Å². The van der Waals surface area contributed by atoms with Gasteiger partial charge in [-0.1, -0.05) is 17.7 Å². The number of nitrogens with two attached hydrogens (primary N) is 2. The van der Waals surface area contributed by atoms with E-state index in [1.165, 1.54) is 5.57 Å². The van der Waals surface area contributed by atoms with Crippen LogP contribution < -0.4 is 11.5 Å². The minimum Gasteiger partial charge on any atom is -0.399 e. The van der Waals surface area contributed by atoms with Crippen molar-refractivity contribution in [2.75, 3.05) is 0 Å². The Morgan fingerprint density at radius 3 is 2.08 bits per heavy atom. The zero-order valence-corrected chi connectivity index (χ0v) is 8.96. The number of rotatable bonds is 3. The quantitative estimate of drug-likeness (QED) is 0.653. The summed E-state index contributed by atoms with van der Waals surface area (Å²) in [7, 11) is 0. The minimum absolute atomic E-state index is 0.302. The van der Waals surface area contributed by atoms with E-state index in [4.69, 9.17) is 11.5 Å². The molecule has 74 valence electrons. The van der Waals surface area contributed by atoms with Gasteiger partial charge in [0.05, 0.1) is 0 Å². The lowest BCUT2D eigenvalue weighted by molar-refractivity contribution is 0.653. The van der Waals surface area contributed by atoms with E-state index in [2.05, 4.69) is 0 Å². The Bertz CT molecular complexity index is 235. The van der Waals surface area contributed by atoms with Gasteiger partial charge < -0.3 is 11.5 Å². The lowest BCUT2D eigenvalue weighted by atomic mass is 10.1. The van der Waals surface area contributed by atoms with Gasteiger partial charge in [-0.2, -0.15) is 0 Å². The molecule has 0 spiro atoms. The van der Waals surface area contributed by atoms with Crippen molar-refractivity contribution in [1.82, 2.24) is 0 Å². The van der Waals surface area contributed by atoms with Crippen LogP contribution in [0.2, 0.25) is 0 Å². The third kappa shape index (κ3) is 8.89.